The Morgan fingerprint density at radius 1 is 1.12 bits per heavy atom. The van der Waals surface area contributed by atoms with E-state index in [1.807, 2.05) is 42.6 Å². The van der Waals surface area contributed by atoms with Crippen LogP contribution in [0.5, 0.6) is 5.75 Å². The van der Waals surface area contributed by atoms with Gasteiger partial charge in [0, 0.05) is 27.9 Å². The summed E-state index contributed by atoms with van der Waals surface area (Å²) in [6.45, 7) is 1.97. The molecule has 2 heterocycles. The zero-order valence-electron chi connectivity index (χ0n) is 14.0. The van der Waals surface area contributed by atoms with Gasteiger partial charge in [0.25, 0.3) is 5.56 Å². The Morgan fingerprint density at radius 2 is 1.88 bits per heavy atom. The molecular formula is C20H18N2O2S. The number of hydrogen-bond donors (Lipinski definition) is 2. The van der Waals surface area contributed by atoms with Crippen LogP contribution in [0.4, 0.5) is 0 Å². The summed E-state index contributed by atoms with van der Waals surface area (Å²) in [5, 5.41) is 3.90. The van der Waals surface area contributed by atoms with Gasteiger partial charge in [0.2, 0.25) is 0 Å². The molecule has 2 aromatic carbocycles. The van der Waals surface area contributed by atoms with Gasteiger partial charge in [-0.05, 0) is 41.6 Å². The number of aromatic amines is 1. The van der Waals surface area contributed by atoms with Crippen molar-refractivity contribution in [3.8, 4) is 16.9 Å². The minimum atomic E-state index is -0.0547. The lowest BCUT2D eigenvalue weighted by molar-refractivity contribution is 0.417. The molecule has 0 saturated heterocycles. The standard InChI is InChI=1S/C20H18N2O2S/c1-11(21)12-3-5-13(6-4-12)17-16(24-2)8-7-15-18(17)14-9-10-25-19(14)20(23)22-15/h3-11H,21H2,1-2H3,(H,22,23)/t11-/m1/s1. The first-order valence-electron chi connectivity index (χ1n) is 8.06. The molecule has 1 atom stereocenters. The molecule has 0 fully saturated rings. The lowest BCUT2D eigenvalue weighted by Crippen LogP contribution is -2.05. The van der Waals surface area contributed by atoms with Gasteiger partial charge in [-0.15, -0.1) is 11.3 Å². The van der Waals surface area contributed by atoms with Crippen LogP contribution in [0.15, 0.2) is 52.6 Å². The van der Waals surface area contributed by atoms with Gasteiger partial charge in [0.05, 0.1) is 7.11 Å². The molecule has 0 aliphatic rings. The van der Waals surface area contributed by atoms with Gasteiger partial charge >= 0.3 is 0 Å². The van der Waals surface area contributed by atoms with Crippen molar-refractivity contribution in [3.63, 3.8) is 0 Å². The van der Waals surface area contributed by atoms with E-state index in [0.29, 0.717) is 0 Å². The predicted molar refractivity (Wildman–Crippen MR) is 105 cm³/mol. The fourth-order valence-corrected chi connectivity index (χ4v) is 4.03. The highest BCUT2D eigenvalue weighted by atomic mass is 32.1. The third-order valence-corrected chi connectivity index (χ3v) is 5.41. The highest BCUT2D eigenvalue weighted by Crippen LogP contribution is 2.40. The van der Waals surface area contributed by atoms with E-state index in [9.17, 15) is 4.79 Å². The van der Waals surface area contributed by atoms with E-state index in [0.717, 1.165) is 43.4 Å². The van der Waals surface area contributed by atoms with Gasteiger partial charge in [-0.3, -0.25) is 4.79 Å². The van der Waals surface area contributed by atoms with Crippen LogP contribution in [-0.2, 0) is 0 Å². The summed E-state index contributed by atoms with van der Waals surface area (Å²) in [6.07, 6.45) is 0. The van der Waals surface area contributed by atoms with Crippen molar-refractivity contribution in [2.75, 3.05) is 7.11 Å². The van der Waals surface area contributed by atoms with Crippen LogP contribution in [0.3, 0.4) is 0 Å². The third kappa shape index (κ3) is 2.52. The largest absolute Gasteiger partial charge is 0.496 e. The number of fused-ring (bicyclic) bond motifs is 3. The lowest BCUT2D eigenvalue weighted by Gasteiger charge is -2.14. The zero-order valence-corrected chi connectivity index (χ0v) is 14.8. The van der Waals surface area contributed by atoms with E-state index in [1.54, 1.807) is 7.11 Å². The number of benzene rings is 2. The number of hydrogen-bond acceptors (Lipinski definition) is 4. The van der Waals surface area contributed by atoms with Crippen LogP contribution < -0.4 is 16.0 Å². The van der Waals surface area contributed by atoms with Crippen molar-refractivity contribution in [1.29, 1.82) is 0 Å². The minimum absolute atomic E-state index is 0.0107. The monoisotopic (exact) mass is 350 g/mol. The van der Waals surface area contributed by atoms with Crippen molar-refractivity contribution in [2.45, 2.75) is 13.0 Å². The van der Waals surface area contributed by atoms with Crippen LogP contribution in [0.1, 0.15) is 18.5 Å². The first-order valence-corrected chi connectivity index (χ1v) is 8.94. The number of pyridine rings is 1. The number of nitrogens with two attached hydrogens (primary N) is 1. The molecule has 2 aromatic heterocycles. The maximum Gasteiger partial charge on any atom is 0.266 e. The smallest absolute Gasteiger partial charge is 0.266 e. The number of H-pyrrole nitrogens is 1. The Morgan fingerprint density at radius 3 is 2.56 bits per heavy atom. The maximum absolute atomic E-state index is 12.3. The Labute approximate surface area is 148 Å². The van der Waals surface area contributed by atoms with Gasteiger partial charge in [-0.2, -0.15) is 0 Å². The maximum atomic E-state index is 12.3. The SMILES string of the molecule is COc1ccc2[nH]c(=O)c3sccc3c2c1-c1ccc([C@@H](C)N)cc1. The minimum Gasteiger partial charge on any atom is -0.496 e. The summed E-state index contributed by atoms with van der Waals surface area (Å²) in [6, 6.07) is 14.0. The number of thiophene rings is 1. The zero-order chi connectivity index (χ0) is 17.6. The molecule has 0 amide bonds. The highest BCUT2D eigenvalue weighted by molar-refractivity contribution is 7.17. The molecule has 126 valence electrons. The number of ether oxygens (including phenoxy) is 1. The number of rotatable bonds is 3. The van der Waals surface area contributed by atoms with Crippen LogP contribution in [0.25, 0.3) is 32.1 Å². The molecule has 0 aliphatic heterocycles. The second-order valence-electron chi connectivity index (χ2n) is 6.09. The second-order valence-corrected chi connectivity index (χ2v) is 7.01. The summed E-state index contributed by atoms with van der Waals surface area (Å²) in [5.74, 6) is 0.778. The average Bonchev–Trinajstić information content (AvgIpc) is 3.11. The van der Waals surface area contributed by atoms with Crippen LogP contribution in [0, 0.1) is 0 Å². The van der Waals surface area contributed by atoms with E-state index >= 15 is 0 Å². The Hall–Kier alpha value is -2.63. The normalized spacial score (nSPS) is 12.6. The topological polar surface area (TPSA) is 68.1 Å². The molecular weight excluding hydrogens is 332 g/mol. The Bertz CT molecular complexity index is 1120. The Balaban J connectivity index is 2.10. The van der Waals surface area contributed by atoms with Crippen molar-refractivity contribution >= 4 is 32.3 Å². The molecule has 0 unspecified atom stereocenters. The summed E-state index contributed by atoms with van der Waals surface area (Å²) in [5.41, 5.74) is 9.81. The third-order valence-electron chi connectivity index (χ3n) is 4.50. The molecule has 4 nitrogen and oxygen atoms in total. The molecule has 5 heteroatoms. The first kappa shape index (κ1) is 15.9. The molecule has 0 saturated carbocycles. The first-order chi connectivity index (χ1) is 12.1. The molecule has 0 aliphatic carbocycles. The number of methoxy groups -OCH3 is 1. The van der Waals surface area contributed by atoms with Crippen molar-refractivity contribution in [3.05, 3.63) is 63.8 Å². The number of nitrogens with one attached hydrogen (secondary N) is 1. The summed E-state index contributed by atoms with van der Waals surface area (Å²) < 4.78 is 6.36. The predicted octanol–water partition coefficient (Wildman–Crippen LogP) is 4.44. The van der Waals surface area contributed by atoms with Crippen LogP contribution in [-0.4, -0.2) is 12.1 Å². The summed E-state index contributed by atoms with van der Waals surface area (Å²) in [4.78, 5) is 15.3. The fourth-order valence-electron chi connectivity index (χ4n) is 3.24. The van der Waals surface area contributed by atoms with E-state index in [1.165, 1.54) is 11.3 Å². The summed E-state index contributed by atoms with van der Waals surface area (Å²) >= 11 is 1.45. The second kappa shape index (κ2) is 6.02. The van der Waals surface area contributed by atoms with Crippen molar-refractivity contribution in [1.82, 2.24) is 4.98 Å². The molecule has 0 bridgehead atoms. The van der Waals surface area contributed by atoms with E-state index in [-0.39, 0.29) is 11.6 Å². The van der Waals surface area contributed by atoms with Crippen molar-refractivity contribution < 1.29 is 4.74 Å². The molecule has 4 aromatic rings. The van der Waals surface area contributed by atoms with E-state index < -0.39 is 0 Å². The highest BCUT2D eigenvalue weighted by Gasteiger charge is 2.16. The van der Waals surface area contributed by atoms with Crippen LogP contribution in [0.2, 0.25) is 0 Å². The van der Waals surface area contributed by atoms with Crippen LogP contribution >= 0.6 is 11.3 Å². The van der Waals surface area contributed by atoms with E-state index in [4.69, 9.17) is 10.5 Å². The molecule has 0 radical (unpaired) electrons. The lowest BCUT2D eigenvalue weighted by atomic mass is 9.96. The van der Waals surface area contributed by atoms with Gasteiger partial charge in [-0.25, -0.2) is 0 Å². The van der Waals surface area contributed by atoms with E-state index in [2.05, 4.69) is 17.1 Å². The van der Waals surface area contributed by atoms with Crippen molar-refractivity contribution in [2.24, 2.45) is 5.73 Å². The molecule has 25 heavy (non-hydrogen) atoms. The fraction of sp³-hybridized carbons (Fsp3) is 0.150. The Kier molecular flexibility index (Phi) is 3.82. The van der Waals surface area contributed by atoms with Gasteiger partial charge in [0.15, 0.2) is 0 Å². The average molecular weight is 350 g/mol. The number of aromatic nitrogens is 1. The van der Waals surface area contributed by atoms with Gasteiger partial charge in [-0.1, -0.05) is 24.3 Å². The molecule has 3 N–H and O–H groups in total. The quantitative estimate of drug-likeness (QED) is 0.574. The summed E-state index contributed by atoms with van der Waals surface area (Å²) in [7, 11) is 1.66. The van der Waals surface area contributed by atoms with Gasteiger partial charge < -0.3 is 15.5 Å². The molecule has 0 spiro atoms. The molecule has 4 rings (SSSR count). The van der Waals surface area contributed by atoms with Gasteiger partial charge in [0.1, 0.15) is 10.4 Å².